The van der Waals surface area contributed by atoms with Gasteiger partial charge in [0.1, 0.15) is 0 Å². The summed E-state index contributed by atoms with van der Waals surface area (Å²) in [7, 11) is 0. The largest absolute Gasteiger partial charge is 0.397 e. The van der Waals surface area contributed by atoms with Crippen molar-refractivity contribution < 1.29 is 9.59 Å². The van der Waals surface area contributed by atoms with E-state index in [1.807, 2.05) is 0 Å². The van der Waals surface area contributed by atoms with Crippen molar-refractivity contribution in [3.8, 4) is 0 Å². The molecule has 0 atom stereocenters. The van der Waals surface area contributed by atoms with E-state index in [1.54, 1.807) is 0 Å². The highest BCUT2D eigenvalue weighted by Crippen LogP contribution is 2.29. The van der Waals surface area contributed by atoms with Crippen molar-refractivity contribution in [3.05, 3.63) is 12.1 Å². The van der Waals surface area contributed by atoms with Crippen molar-refractivity contribution in [2.45, 2.75) is 13.8 Å². The second-order valence-electron chi connectivity index (χ2n) is 3.39. The number of hydrogen-bond acceptors (Lipinski definition) is 4. The van der Waals surface area contributed by atoms with Crippen molar-refractivity contribution >= 4 is 34.6 Å². The van der Waals surface area contributed by atoms with Crippen LogP contribution < -0.4 is 22.1 Å². The second-order valence-corrected chi connectivity index (χ2v) is 3.39. The Morgan fingerprint density at radius 1 is 0.938 bits per heavy atom. The Balaban J connectivity index is 3.10. The van der Waals surface area contributed by atoms with E-state index in [1.165, 1.54) is 26.0 Å². The van der Waals surface area contributed by atoms with E-state index in [4.69, 9.17) is 11.5 Å². The molecule has 0 spiro atoms. The Bertz CT molecular complexity index is 405. The molecule has 0 saturated heterocycles. The summed E-state index contributed by atoms with van der Waals surface area (Å²) in [4.78, 5) is 21.8. The molecule has 0 unspecified atom stereocenters. The van der Waals surface area contributed by atoms with Crippen molar-refractivity contribution in [3.63, 3.8) is 0 Å². The summed E-state index contributed by atoms with van der Waals surface area (Å²) in [6, 6.07) is 3.00. The summed E-state index contributed by atoms with van der Waals surface area (Å²) in [5.41, 5.74) is 12.9. The van der Waals surface area contributed by atoms with Crippen LogP contribution in [0.5, 0.6) is 0 Å². The van der Waals surface area contributed by atoms with Crippen molar-refractivity contribution in [1.29, 1.82) is 0 Å². The topological polar surface area (TPSA) is 110 Å². The van der Waals surface area contributed by atoms with E-state index in [-0.39, 0.29) is 11.8 Å². The fourth-order valence-electron chi connectivity index (χ4n) is 1.23. The first-order chi connectivity index (χ1) is 7.40. The van der Waals surface area contributed by atoms with Gasteiger partial charge < -0.3 is 22.1 Å². The Hall–Kier alpha value is -2.24. The number of rotatable bonds is 2. The maximum atomic E-state index is 10.9. The van der Waals surface area contributed by atoms with E-state index in [9.17, 15) is 9.59 Å². The van der Waals surface area contributed by atoms with Gasteiger partial charge in [-0.3, -0.25) is 9.59 Å². The van der Waals surface area contributed by atoms with Gasteiger partial charge in [0.25, 0.3) is 0 Å². The van der Waals surface area contributed by atoms with Gasteiger partial charge in [-0.2, -0.15) is 0 Å². The number of carbonyl (C=O) groups is 2. The molecule has 0 aliphatic heterocycles. The molecule has 0 bridgehead atoms. The van der Waals surface area contributed by atoms with Gasteiger partial charge in [-0.15, -0.1) is 0 Å². The zero-order chi connectivity index (χ0) is 12.3. The Kier molecular flexibility index (Phi) is 3.34. The van der Waals surface area contributed by atoms with Gasteiger partial charge in [-0.1, -0.05) is 0 Å². The molecule has 2 amide bonds. The van der Waals surface area contributed by atoms with Crippen LogP contribution in [0, 0.1) is 0 Å². The molecule has 0 heterocycles. The van der Waals surface area contributed by atoms with Crippen LogP contribution in [0.3, 0.4) is 0 Å². The third-order valence-corrected chi connectivity index (χ3v) is 1.84. The lowest BCUT2D eigenvalue weighted by molar-refractivity contribution is -0.115. The fourth-order valence-corrected chi connectivity index (χ4v) is 1.23. The molecule has 86 valence electrons. The third-order valence-electron chi connectivity index (χ3n) is 1.84. The molecule has 1 aromatic carbocycles. The van der Waals surface area contributed by atoms with E-state index >= 15 is 0 Å². The number of amides is 2. The summed E-state index contributed by atoms with van der Waals surface area (Å²) >= 11 is 0. The molecule has 1 rings (SSSR count). The minimum absolute atomic E-state index is 0.245. The standard InChI is InChI=1S/C10H14N4O2/c1-5(15)13-9-4-10(14-6(2)16)8(12)3-7(9)11/h3-4H,11-12H2,1-2H3,(H,13,15)(H,14,16). The normalized spacial score (nSPS) is 9.62. The molecule has 0 aromatic heterocycles. The number of nitrogens with two attached hydrogens (primary N) is 2. The van der Waals surface area contributed by atoms with Crippen LogP contribution in [-0.2, 0) is 9.59 Å². The van der Waals surface area contributed by atoms with Crippen LogP contribution in [-0.4, -0.2) is 11.8 Å². The van der Waals surface area contributed by atoms with Gasteiger partial charge in [0.05, 0.1) is 22.7 Å². The molecule has 0 fully saturated rings. The monoisotopic (exact) mass is 222 g/mol. The molecule has 6 N–H and O–H groups in total. The molecular weight excluding hydrogens is 208 g/mol. The molecule has 0 aliphatic rings. The third kappa shape index (κ3) is 2.88. The summed E-state index contributed by atoms with van der Waals surface area (Å²) < 4.78 is 0. The molecule has 0 aliphatic carbocycles. The first kappa shape index (κ1) is 11.8. The van der Waals surface area contributed by atoms with Gasteiger partial charge in [-0.25, -0.2) is 0 Å². The Morgan fingerprint density at radius 2 is 1.31 bits per heavy atom. The van der Waals surface area contributed by atoms with E-state index in [0.29, 0.717) is 22.7 Å². The van der Waals surface area contributed by atoms with Gasteiger partial charge in [0.15, 0.2) is 0 Å². The summed E-state index contributed by atoms with van der Waals surface area (Å²) in [5, 5.41) is 5.09. The lowest BCUT2D eigenvalue weighted by atomic mass is 10.2. The van der Waals surface area contributed by atoms with Crippen molar-refractivity contribution in [2.75, 3.05) is 22.1 Å². The first-order valence-electron chi connectivity index (χ1n) is 4.64. The summed E-state index contributed by atoms with van der Waals surface area (Å²) in [6.45, 7) is 2.74. The highest BCUT2D eigenvalue weighted by molar-refractivity contribution is 5.98. The predicted molar refractivity (Wildman–Crippen MR) is 63.9 cm³/mol. The van der Waals surface area contributed by atoms with Crippen LogP contribution in [0.25, 0.3) is 0 Å². The zero-order valence-corrected chi connectivity index (χ0v) is 9.13. The van der Waals surface area contributed by atoms with Gasteiger partial charge >= 0.3 is 0 Å². The Morgan fingerprint density at radius 3 is 1.62 bits per heavy atom. The van der Waals surface area contributed by atoms with E-state index in [0.717, 1.165) is 0 Å². The SMILES string of the molecule is CC(=O)Nc1cc(NC(C)=O)c(N)cc1N. The lowest BCUT2D eigenvalue weighted by Crippen LogP contribution is -2.12. The van der Waals surface area contributed by atoms with Gasteiger partial charge in [-0.05, 0) is 12.1 Å². The first-order valence-corrected chi connectivity index (χ1v) is 4.64. The maximum Gasteiger partial charge on any atom is 0.221 e. The number of carbonyl (C=O) groups excluding carboxylic acids is 2. The van der Waals surface area contributed by atoms with Crippen molar-refractivity contribution in [2.24, 2.45) is 0 Å². The molecule has 0 saturated carbocycles. The molecular formula is C10H14N4O2. The van der Waals surface area contributed by atoms with E-state index in [2.05, 4.69) is 10.6 Å². The second kappa shape index (κ2) is 4.52. The van der Waals surface area contributed by atoms with Gasteiger partial charge in [0, 0.05) is 13.8 Å². The minimum Gasteiger partial charge on any atom is -0.397 e. The number of benzene rings is 1. The lowest BCUT2D eigenvalue weighted by Gasteiger charge is -2.12. The maximum absolute atomic E-state index is 10.9. The highest BCUT2D eigenvalue weighted by Gasteiger charge is 2.07. The molecule has 0 radical (unpaired) electrons. The van der Waals surface area contributed by atoms with Crippen LogP contribution >= 0.6 is 0 Å². The average molecular weight is 222 g/mol. The highest BCUT2D eigenvalue weighted by atomic mass is 16.2. The summed E-state index contributed by atoms with van der Waals surface area (Å²) in [6.07, 6.45) is 0. The molecule has 1 aromatic rings. The molecule has 6 heteroatoms. The quantitative estimate of drug-likeness (QED) is 0.554. The number of hydrogen-bond donors (Lipinski definition) is 4. The summed E-state index contributed by atoms with van der Waals surface area (Å²) in [5.74, 6) is -0.490. The van der Waals surface area contributed by atoms with Crippen LogP contribution in [0.15, 0.2) is 12.1 Å². The van der Waals surface area contributed by atoms with Crippen LogP contribution in [0.4, 0.5) is 22.7 Å². The number of nitrogens with one attached hydrogen (secondary N) is 2. The van der Waals surface area contributed by atoms with Crippen molar-refractivity contribution in [1.82, 2.24) is 0 Å². The average Bonchev–Trinajstić information content (AvgIpc) is 2.11. The van der Waals surface area contributed by atoms with Gasteiger partial charge in [0.2, 0.25) is 11.8 Å². The smallest absolute Gasteiger partial charge is 0.221 e. The number of anilines is 4. The molecule has 16 heavy (non-hydrogen) atoms. The van der Waals surface area contributed by atoms with Crippen LogP contribution in [0.2, 0.25) is 0 Å². The predicted octanol–water partition coefficient (Wildman–Crippen LogP) is 0.768. The zero-order valence-electron chi connectivity index (χ0n) is 9.13. The molecule has 6 nitrogen and oxygen atoms in total. The minimum atomic E-state index is -0.245. The van der Waals surface area contributed by atoms with Crippen LogP contribution in [0.1, 0.15) is 13.8 Å². The Labute approximate surface area is 93.0 Å². The fraction of sp³-hybridized carbons (Fsp3) is 0.200. The van der Waals surface area contributed by atoms with E-state index < -0.39 is 0 Å². The number of nitrogen functional groups attached to an aromatic ring is 2.